The molecule has 174 valence electrons. The van der Waals surface area contributed by atoms with E-state index in [4.69, 9.17) is 4.74 Å². The number of hydrogen-bond donors (Lipinski definition) is 0. The number of hydrogen-bond acceptors (Lipinski definition) is 3. The fourth-order valence-electron chi connectivity index (χ4n) is 7.77. The second kappa shape index (κ2) is 10.2. The maximum Gasteiger partial charge on any atom is 0.306 e. The third-order valence-electron chi connectivity index (χ3n) is 9.47. The van der Waals surface area contributed by atoms with Gasteiger partial charge >= 0.3 is 5.97 Å². The van der Waals surface area contributed by atoms with Crippen LogP contribution in [0, 0.1) is 29.1 Å². The zero-order chi connectivity index (χ0) is 21.8. The molecule has 0 aliphatic heterocycles. The van der Waals surface area contributed by atoms with Crippen molar-refractivity contribution >= 4 is 11.8 Å². The Bertz CT molecular complexity index is 680. The minimum atomic E-state index is 0.0437. The minimum absolute atomic E-state index is 0.0437. The SMILES string of the molecule is CCCCCCCCCC(=O)O[C@H]1CCC2C3CCC4=CC(=O)CCC4C3CC[C@@]21C. The average molecular weight is 429 g/mol. The monoisotopic (exact) mass is 428 g/mol. The number of carbonyl (C=O) groups excluding carboxylic acids is 2. The van der Waals surface area contributed by atoms with Gasteiger partial charge in [0, 0.05) is 18.3 Å². The zero-order valence-corrected chi connectivity index (χ0v) is 20.0. The topological polar surface area (TPSA) is 43.4 Å². The Hall–Kier alpha value is -1.12. The number of esters is 1. The summed E-state index contributed by atoms with van der Waals surface area (Å²) in [6.07, 6.45) is 20.3. The predicted molar refractivity (Wildman–Crippen MR) is 125 cm³/mol. The second-order valence-electron chi connectivity index (χ2n) is 11.3. The van der Waals surface area contributed by atoms with Crippen molar-refractivity contribution in [2.24, 2.45) is 29.1 Å². The Morgan fingerprint density at radius 1 is 0.968 bits per heavy atom. The van der Waals surface area contributed by atoms with Crippen LogP contribution in [0.2, 0.25) is 0 Å². The molecule has 0 aromatic heterocycles. The van der Waals surface area contributed by atoms with E-state index >= 15 is 0 Å². The molecule has 0 bridgehead atoms. The standard InChI is InChI=1S/C28H44O3/c1-3-4-5-6-7-8-9-10-27(30)31-26-16-15-25-24-13-11-20-19-21(29)12-14-22(20)23(24)17-18-28(25,26)2/h19,22-26H,3-18H2,1-2H3/t22?,23?,24?,25?,26-,28-/m0/s1. The lowest BCUT2D eigenvalue weighted by Crippen LogP contribution is -2.48. The first-order valence-corrected chi connectivity index (χ1v) is 13.5. The van der Waals surface area contributed by atoms with Gasteiger partial charge in [0.25, 0.3) is 0 Å². The van der Waals surface area contributed by atoms with E-state index in [0.29, 0.717) is 24.0 Å². The van der Waals surface area contributed by atoms with Crippen molar-refractivity contribution in [2.45, 2.75) is 123 Å². The van der Waals surface area contributed by atoms with E-state index in [2.05, 4.69) is 13.8 Å². The summed E-state index contributed by atoms with van der Waals surface area (Å²) in [5.41, 5.74) is 1.62. The first-order chi connectivity index (χ1) is 15.0. The van der Waals surface area contributed by atoms with E-state index in [9.17, 15) is 9.59 Å². The van der Waals surface area contributed by atoms with Crippen LogP contribution in [-0.4, -0.2) is 17.9 Å². The molecule has 0 aromatic rings. The third-order valence-corrected chi connectivity index (χ3v) is 9.47. The van der Waals surface area contributed by atoms with Gasteiger partial charge in [-0.2, -0.15) is 0 Å². The summed E-state index contributed by atoms with van der Waals surface area (Å²) in [6, 6.07) is 0. The summed E-state index contributed by atoms with van der Waals surface area (Å²) in [5, 5.41) is 0. The van der Waals surface area contributed by atoms with Gasteiger partial charge in [-0.05, 0) is 81.1 Å². The molecule has 3 fully saturated rings. The van der Waals surface area contributed by atoms with Gasteiger partial charge in [-0.25, -0.2) is 0 Å². The summed E-state index contributed by atoms with van der Waals surface area (Å²) in [6.45, 7) is 4.67. The van der Waals surface area contributed by atoms with Gasteiger partial charge in [-0.15, -0.1) is 0 Å². The van der Waals surface area contributed by atoms with Gasteiger partial charge in [-0.3, -0.25) is 9.59 Å². The molecular weight excluding hydrogens is 384 g/mol. The predicted octanol–water partition coefficient (Wildman–Crippen LogP) is 7.18. The largest absolute Gasteiger partial charge is 0.462 e. The second-order valence-corrected chi connectivity index (χ2v) is 11.3. The molecule has 0 saturated heterocycles. The number of ketones is 1. The Kier molecular flexibility index (Phi) is 7.60. The molecule has 0 heterocycles. The molecule has 0 aromatic carbocycles. The molecule has 4 unspecified atom stereocenters. The highest BCUT2D eigenvalue weighted by Crippen LogP contribution is 2.62. The highest BCUT2D eigenvalue weighted by atomic mass is 16.5. The van der Waals surface area contributed by atoms with Crippen molar-refractivity contribution in [2.75, 3.05) is 0 Å². The van der Waals surface area contributed by atoms with Gasteiger partial charge in [-0.1, -0.05) is 57.9 Å². The van der Waals surface area contributed by atoms with E-state index in [1.807, 2.05) is 6.08 Å². The van der Waals surface area contributed by atoms with Crippen molar-refractivity contribution in [3.8, 4) is 0 Å². The van der Waals surface area contributed by atoms with Crippen molar-refractivity contribution in [3.05, 3.63) is 11.6 Å². The van der Waals surface area contributed by atoms with E-state index in [-0.39, 0.29) is 17.5 Å². The van der Waals surface area contributed by atoms with Crippen LogP contribution in [0.15, 0.2) is 11.6 Å². The zero-order valence-electron chi connectivity index (χ0n) is 20.0. The Morgan fingerprint density at radius 2 is 1.74 bits per heavy atom. The van der Waals surface area contributed by atoms with Crippen LogP contribution in [0.4, 0.5) is 0 Å². The average Bonchev–Trinajstić information content (AvgIpc) is 3.09. The Balaban J connectivity index is 1.27. The van der Waals surface area contributed by atoms with Crippen LogP contribution < -0.4 is 0 Å². The number of unbranched alkanes of at least 4 members (excludes halogenated alkanes) is 6. The number of rotatable bonds is 9. The number of fused-ring (bicyclic) bond motifs is 5. The molecule has 0 amide bonds. The Labute approximate surface area is 189 Å². The molecule has 0 N–H and O–H groups in total. The molecule has 0 spiro atoms. The van der Waals surface area contributed by atoms with Gasteiger partial charge in [0.2, 0.25) is 0 Å². The van der Waals surface area contributed by atoms with Crippen LogP contribution in [0.3, 0.4) is 0 Å². The lowest BCUT2D eigenvalue weighted by molar-refractivity contribution is -0.159. The van der Waals surface area contributed by atoms with Gasteiger partial charge in [0.05, 0.1) is 0 Å². The van der Waals surface area contributed by atoms with E-state index < -0.39 is 0 Å². The van der Waals surface area contributed by atoms with Gasteiger partial charge in [0.15, 0.2) is 5.78 Å². The van der Waals surface area contributed by atoms with Crippen molar-refractivity contribution in [1.82, 2.24) is 0 Å². The molecule has 3 nitrogen and oxygen atoms in total. The Morgan fingerprint density at radius 3 is 2.55 bits per heavy atom. The first-order valence-electron chi connectivity index (χ1n) is 13.5. The molecule has 0 radical (unpaired) electrons. The summed E-state index contributed by atoms with van der Waals surface area (Å²) in [7, 11) is 0. The molecule has 4 aliphatic rings. The van der Waals surface area contributed by atoms with Crippen molar-refractivity contribution < 1.29 is 14.3 Å². The number of allylic oxidation sites excluding steroid dienone is 1. The minimum Gasteiger partial charge on any atom is -0.462 e. The summed E-state index contributed by atoms with van der Waals surface area (Å²) < 4.78 is 6.13. The van der Waals surface area contributed by atoms with E-state index in [0.717, 1.165) is 50.4 Å². The molecule has 4 aliphatic carbocycles. The van der Waals surface area contributed by atoms with Gasteiger partial charge in [0.1, 0.15) is 6.10 Å². The maximum atomic E-state index is 12.6. The maximum absolute atomic E-state index is 12.6. The van der Waals surface area contributed by atoms with E-state index in [1.54, 1.807) is 0 Å². The fourth-order valence-corrected chi connectivity index (χ4v) is 7.77. The number of ether oxygens (including phenoxy) is 1. The van der Waals surface area contributed by atoms with Crippen molar-refractivity contribution in [3.63, 3.8) is 0 Å². The highest BCUT2D eigenvalue weighted by Gasteiger charge is 2.57. The number of carbonyl (C=O) groups is 2. The van der Waals surface area contributed by atoms with Crippen LogP contribution in [0.5, 0.6) is 0 Å². The summed E-state index contributed by atoms with van der Waals surface area (Å²) in [4.78, 5) is 24.5. The summed E-state index contributed by atoms with van der Waals surface area (Å²) in [5.74, 6) is 3.26. The van der Waals surface area contributed by atoms with Crippen LogP contribution >= 0.6 is 0 Å². The quantitative estimate of drug-likeness (QED) is 0.288. The first kappa shape index (κ1) is 23.1. The normalized spacial score (nSPS) is 36.9. The molecule has 6 atom stereocenters. The smallest absolute Gasteiger partial charge is 0.306 e. The third kappa shape index (κ3) is 4.96. The molecule has 31 heavy (non-hydrogen) atoms. The fraction of sp³-hybridized carbons (Fsp3) is 0.857. The molecular formula is C28H44O3. The van der Waals surface area contributed by atoms with Gasteiger partial charge < -0.3 is 4.74 Å². The van der Waals surface area contributed by atoms with Crippen molar-refractivity contribution in [1.29, 1.82) is 0 Å². The molecule has 3 saturated carbocycles. The van der Waals surface area contributed by atoms with Crippen LogP contribution in [0.25, 0.3) is 0 Å². The molecule has 4 rings (SSSR count). The highest BCUT2D eigenvalue weighted by molar-refractivity contribution is 5.91. The lowest BCUT2D eigenvalue weighted by Gasteiger charge is -2.53. The molecule has 3 heteroatoms. The van der Waals surface area contributed by atoms with Crippen LogP contribution in [0.1, 0.15) is 117 Å². The lowest BCUT2D eigenvalue weighted by atomic mass is 9.52. The van der Waals surface area contributed by atoms with E-state index in [1.165, 1.54) is 63.4 Å². The summed E-state index contributed by atoms with van der Waals surface area (Å²) >= 11 is 0. The van der Waals surface area contributed by atoms with Crippen LogP contribution in [-0.2, 0) is 14.3 Å².